The van der Waals surface area contributed by atoms with Crippen LogP contribution in [0.4, 0.5) is 0 Å². The molecular formula is C16H12N2O4. The van der Waals surface area contributed by atoms with E-state index in [1.807, 2.05) is 48.5 Å². The second kappa shape index (κ2) is 6.94. The van der Waals surface area contributed by atoms with Crippen molar-refractivity contribution in [2.45, 2.75) is 0 Å². The van der Waals surface area contributed by atoms with Gasteiger partial charge in [0.15, 0.2) is 0 Å². The van der Waals surface area contributed by atoms with Gasteiger partial charge in [0.05, 0.1) is 22.1 Å². The molecule has 0 saturated heterocycles. The summed E-state index contributed by atoms with van der Waals surface area (Å²) in [4.78, 5) is 28.1. The zero-order valence-corrected chi connectivity index (χ0v) is 11.4. The standard InChI is InChI=1S/C12H8N2.C4H4O4/c1-2-6-10-9(5-1)13-11-7-3-4-8-12(11)14-10;5-3(6)1-2-4(7)8/h1-8H;1-2H,(H,5,6)(H,7,8)/b;2-1-. The number of carbonyl (C=O) groups is 2. The summed E-state index contributed by atoms with van der Waals surface area (Å²) in [5.74, 6) is -2.51. The first kappa shape index (κ1) is 15.1. The molecule has 3 rings (SSSR count). The van der Waals surface area contributed by atoms with Crippen LogP contribution in [-0.2, 0) is 9.59 Å². The highest BCUT2D eigenvalue weighted by molar-refractivity contribution is 5.89. The molecule has 0 atom stereocenters. The molecule has 0 spiro atoms. The van der Waals surface area contributed by atoms with Gasteiger partial charge in [0, 0.05) is 12.2 Å². The second-order valence-electron chi connectivity index (χ2n) is 4.21. The second-order valence-corrected chi connectivity index (χ2v) is 4.21. The normalized spacial score (nSPS) is 10.4. The molecule has 1 heterocycles. The number of nitrogens with zero attached hydrogens (tertiary/aromatic N) is 2. The van der Waals surface area contributed by atoms with Gasteiger partial charge in [0.1, 0.15) is 0 Å². The van der Waals surface area contributed by atoms with Crippen LogP contribution in [0.5, 0.6) is 0 Å². The molecule has 110 valence electrons. The zero-order valence-electron chi connectivity index (χ0n) is 11.4. The van der Waals surface area contributed by atoms with E-state index in [1.54, 1.807) is 0 Å². The molecule has 0 amide bonds. The van der Waals surface area contributed by atoms with Crippen molar-refractivity contribution in [2.75, 3.05) is 0 Å². The number of aliphatic carboxylic acids is 2. The van der Waals surface area contributed by atoms with Crippen molar-refractivity contribution in [1.82, 2.24) is 9.97 Å². The molecule has 0 aliphatic heterocycles. The molecule has 22 heavy (non-hydrogen) atoms. The SMILES string of the molecule is O=C(O)/C=C\C(=O)O.c1ccc2nc3ccccc3nc2c1. The summed E-state index contributed by atoms with van der Waals surface area (Å²) < 4.78 is 0. The van der Waals surface area contributed by atoms with Crippen molar-refractivity contribution in [3.63, 3.8) is 0 Å². The maximum absolute atomic E-state index is 9.55. The first-order valence-electron chi connectivity index (χ1n) is 6.32. The van der Waals surface area contributed by atoms with E-state index in [1.165, 1.54) is 0 Å². The van der Waals surface area contributed by atoms with Crippen LogP contribution in [0.1, 0.15) is 0 Å². The molecule has 2 aromatic carbocycles. The molecule has 0 fully saturated rings. The number of para-hydroxylation sites is 4. The van der Waals surface area contributed by atoms with Gasteiger partial charge in [-0.2, -0.15) is 0 Å². The highest BCUT2D eigenvalue weighted by Gasteiger charge is 1.98. The van der Waals surface area contributed by atoms with E-state index in [4.69, 9.17) is 10.2 Å². The van der Waals surface area contributed by atoms with E-state index in [-0.39, 0.29) is 0 Å². The lowest BCUT2D eigenvalue weighted by atomic mass is 10.2. The van der Waals surface area contributed by atoms with Crippen LogP contribution >= 0.6 is 0 Å². The lowest BCUT2D eigenvalue weighted by Crippen LogP contribution is -1.91. The minimum absolute atomic E-state index is 0.558. The Morgan fingerprint density at radius 3 is 1.18 bits per heavy atom. The number of carboxylic acids is 2. The van der Waals surface area contributed by atoms with E-state index in [9.17, 15) is 9.59 Å². The lowest BCUT2D eigenvalue weighted by molar-refractivity contribution is -0.134. The van der Waals surface area contributed by atoms with Gasteiger partial charge in [-0.05, 0) is 24.3 Å². The van der Waals surface area contributed by atoms with Crippen LogP contribution in [0.15, 0.2) is 60.7 Å². The summed E-state index contributed by atoms with van der Waals surface area (Å²) in [5.41, 5.74) is 3.80. The average molecular weight is 296 g/mol. The molecule has 2 N–H and O–H groups in total. The van der Waals surface area contributed by atoms with Crippen molar-refractivity contribution in [3.8, 4) is 0 Å². The summed E-state index contributed by atoms with van der Waals surface area (Å²) in [7, 11) is 0. The maximum Gasteiger partial charge on any atom is 0.328 e. The molecule has 0 bridgehead atoms. The highest BCUT2D eigenvalue weighted by Crippen LogP contribution is 2.14. The smallest absolute Gasteiger partial charge is 0.328 e. The van der Waals surface area contributed by atoms with E-state index < -0.39 is 11.9 Å². The Kier molecular flexibility index (Phi) is 4.77. The van der Waals surface area contributed by atoms with Crippen LogP contribution in [0, 0.1) is 0 Å². The molecule has 0 aliphatic rings. The Balaban J connectivity index is 0.000000192. The number of rotatable bonds is 2. The van der Waals surface area contributed by atoms with Gasteiger partial charge in [-0.25, -0.2) is 19.6 Å². The number of hydrogen-bond donors (Lipinski definition) is 2. The van der Waals surface area contributed by atoms with Crippen LogP contribution in [0.2, 0.25) is 0 Å². The Morgan fingerprint density at radius 1 is 0.682 bits per heavy atom. The van der Waals surface area contributed by atoms with Crippen LogP contribution in [0.3, 0.4) is 0 Å². The minimum atomic E-state index is -1.26. The van der Waals surface area contributed by atoms with Crippen molar-refractivity contribution >= 4 is 34.0 Å². The van der Waals surface area contributed by atoms with Crippen molar-refractivity contribution in [2.24, 2.45) is 0 Å². The molecule has 1 aromatic heterocycles. The van der Waals surface area contributed by atoms with Gasteiger partial charge < -0.3 is 10.2 Å². The van der Waals surface area contributed by atoms with E-state index in [2.05, 4.69) is 9.97 Å². The van der Waals surface area contributed by atoms with Gasteiger partial charge in [-0.15, -0.1) is 0 Å². The third-order valence-electron chi connectivity index (χ3n) is 2.61. The van der Waals surface area contributed by atoms with Gasteiger partial charge in [-0.1, -0.05) is 24.3 Å². The van der Waals surface area contributed by atoms with Crippen LogP contribution < -0.4 is 0 Å². The fourth-order valence-corrected chi connectivity index (χ4v) is 1.71. The number of aromatic nitrogens is 2. The molecule has 3 aromatic rings. The summed E-state index contributed by atoms with van der Waals surface area (Å²) in [6, 6.07) is 15.8. The summed E-state index contributed by atoms with van der Waals surface area (Å²) in [5, 5.41) is 15.6. The molecular weight excluding hydrogens is 284 g/mol. The number of fused-ring (bicyclic) bond motifs is 2. The number of hydrogen-bond acceptors (Lipinski definition) is 4. The topological polar surface area (TPSA) is 100 Å². The van der Waals surface area contributed by atoms with Crippen LogP contribution in [0.25, 0.3) is 22.1 Å². The monoisotopic (exact) mass is 296 g/mol. The number of benzene rings is 2. The summed E-state index contributed by atoms with van der Waals surface area (Å²) in [6.45, 7) is 0. The predicted octanol–water partition coefficient (Wildman–Crippen LogP) is 2.49. The van der Waals surface area contributed by atoms with E-state index in [0.717, 1.165) is 22.1 Å². The average Bonchev–Trinajstić information content (AvgIpc) is 2.51. The molecule has 6 nitrogen and oxygen atoms in total. The van der Waals surface area contributed by atoms with Gasteiger partial charge in [-0.3, -0.25) is 0 Å². The third-order valence-corrected chi connectivity index (χ3v) is 2.61. The summed E-state index contributed by atoms with van der Waals surface area (Å²) in [6.07, 6.45) is 1.12. The molecule has 0 saturated carbocycles. The molecule has 6 heteroatoms. The van der Waals surface area contributed by atoms with Crippen molar-refractivity contribution in [1.29, 1.82) is 0 Å². The fraction of sp³-hybridized carbons (Fsp3) is 0. The maximum atomic E-state index is 9.55. The molecule has 0 aliphatic carbocycles. The van der Waals surface area contributed by atoms with E-state index >= 15 is 0 Å². The first-order chi connectivity index (χ1) is 10.6. The highest BCUT2D eigenvalue weighted by atomic mass is 16.4. The van der Waals surface area contributed by atoms with Crippen molar-refractivity contribution in [3.05, 3.63) is 60.7 Å². The van der Waals surface area contributed by atoms with Crippen molar-refractivity contribution < 1.29 is 19.8 Å². The van der Waals surface area contributed by atoms with Gasteiger partial charge in [0.25, 0.3) is 0 Å². The minimum Gasteiger partial charge on any atom is -0.478 e. The summed E-state index contributed by atoms with van der Waals surface area (Å²) >= 11 is 0. The quantitative estimate of drug-likeness (QED) is 0.556. The van der Waals surface area contributed by atoms with Gasteiger partial charge in [0.2, 0.25) is 0 Å². The predicted molar refractivity (Wildman–Crippen MR) is 81.5 cm³/mol. The lowest BCUT2D eigenvalue weighted by Gasteiger charge is -1.98. The molecule has 0 radical (unpaired) electrons. The Bertz CT molecular complexity index is 738. The first-order valence-corrected chi connectivity index (χ1v) is 6.32. The Hall–Kier alpha value is -3.28. The van der Waals surface area contributed by atoms with Gasteiger partial charge >= 0.3 is 11.9 Å². The van der Waals surface area contributed by atoms with E-state index in [0.29, 0.717) is 12.2 Å². The van der Waals surface area contributed by atoms with Crippen LogP contribution in [-0.4, -0.2) is 32.1 Å². The zero-order chi connectivity index (χ0) is 15.9. The fourth-order valence-electron chi connectivity index (χ4n) is 1.71. The Morgan fingerprint density at radius 2 is 0.955 bits per heavy atom. The number of carboxylic acid groups (broad SMARTS) is 2. The Labute approximate surface area is 125 Å². The third kappa shape index (κ3) is 4.11. The largest absolute Gasteiger partial charge is 0.478 e. The molecule has 0 unspecified atom stereocenters.